The molecule has 0 aliphatic carbocycles. The first-order chi connectivity index (χ1) is 8.29. The Morgan fingerprint density at radius 2 is 2.00 bits per heavy atom. The molecule has 18 heavy (non-hydrogen) atoms. The van der Waals surface area contributed by atoms with Gasteiger partial charge in [-0.2, -0.15) is 0 Å². The van der Waals surface area contributed by atoms with E-state index in [-0.39, 0.29) is 0 Å². The van der Waals surface area contributed by atoms with Gasteiger partial charge in [0.15, 0.2) is 0 Å². The van der Waals surface area contributed by atoms with Gasteiger partial charge in [0.1, 0.15) is 11.6 Å². The summed E-state index contributed by atoms with van der Waals surface area (Å²) in [6.07, 6.45) is 1.16. The molecule has 1 unspecified atom stereocenters. The molecule has 5 heteroatoms. The van der Waals surface area contributed by atoms with Crippen LogP contribution in [-0.4, -0.2) is 18.1 Å². The molecule has 2 heterocycles. The fraction of sp³-hybridized carbons (Fsp3) is 0.615. The van der Waals surface area contributed by atoms with Crippen molar-refractivity contribution in [2.45, 2.75) is 27.2 Å². The molecule has 1 aromatic rings. The molecule has 2 N–H and O–H groups in total. The standard InChI is InChI=1S/C13H19Cl2N3/c1-13(2,3)8-4-5-18(7-8)12-10(15)6-9(14)11(16)17-12/h6,8H,4-5,7H2,1-3H3,(H2,16,17). The SMILES string of the molecule is CC(C)(C)C1CCN(c2nc(N)c(Cl)cc2Cl)C1. The van der Waals surface area contributed by atoms with Crippen LogP contribution in [0.2, 0.25) is 10.0 Å². The molecule has 0 bridgehead atoms. The van der Waals surface area contributed by atoms with E-state index in [1.807, 2.05) is 0 Å². The van der Waals surface area contributed by atoms with Crippen molar-refractivity contribution in [3.8, 4) is 0 Å². The lowest BCUT2D eigenvalue weighted by Crippen LogP contribution is -2.26. The molecule has 3 nitrogen and oxygen atoms in total. The Bertz CT molecular complexity index is 454. The molecule has 1 atom stereocenters. The third kappa shape index (κ3) is 2.67. The Balaban J connectivity index is 2.22. The highest BCUT2D eigenvalue weighted by atomic mass is 35.5. The van der Waals surface area contributed by atoms with Crippen LogP contribution in [0.1, 0.15) is 27.2 Å². The van der Waals surface area contributed by atoms with Crippen molar-refractivity contribution in [2.75, 3.05) is 23.7 Å². The lowest BCUT2D eigenvalue weighted by molar-refractivity contribution is 0.263. The van der Waals surface area contributed by atoms with Crippen molar-refractivity contribution < 1.29 is 0 Å². The highest BCUT2D eigenvalue weighted by molar-refractivity contribution is 6.37. The maximum absolute atomic E-state index is 6.20. The molecule has 1 aliphatic rings. The lowest BCUT2D eigenvalue weighted by atomic mass is 9.80. The summed E-state index contributed by atoms with van der Waals surface area (Å²) in [4.78, 5) is 6.51. The average molecular weight is 288 g/mol. The Morgan fingerprint density at radius 1 is 1.33 bits per heavy atom. The highest BCUT2D eigenvalue weighted by Gasteiger charge is 2.33. The zero-order valence-electron chi connectivity index (χ0n) is 11.0. The van der Waals surface area contributed by atoms with Crippen LogP contribution in [0.3, 0.4) is 0 Å². The van der Waals surface area contributed by atoms with Crippen molar-refractivity contribution in [3.63, 3.8) is 0 Å². The number of halogens is 2. The summed E-state index contributed by atoms with van der Waals surface area (Å²) < 4.78 is 0. The van der Waals surface area contributed by atoms with Gasteiger partial charge in [-0.15, -0.1) is 0 Å². The van der Waals surface area contributed by atoms with Crippen molar-refractivity contribution in [1.82, 2.24) is 4.98 Å². The summed E-state index contributed by atoms with van der Waals surface area (Å²) >= 11 is 12.1. The molecule has 0 spiro atoms. The number of anilines is 2. The van der Waals surface area contributed by atoms with Gasteiger partial charge in [0.05, 0.1) is 10.0 Å². The summed E-state index contributed by atoms with van der Waals surface area (Å²) in [5, 5.41) is 0.985. The number of hydrogen-bond donors (Lipinski definition) is 1. The van der Waals surface area contributed by atoms with Crippen LogP contribution in [0.4, 0.5) is 11.6 Å². The maximum atomic E-state index is 6.20. The number of nitrogens with two attached hydrogens (primary N) is 1. The van der Waals surface area contributed by atoms with E-state index in [2.05, 4.69) is 30.7 Å². The van der Waals surface area contributed by atoms with Crippen molar-refractivity contribution >= 4 is 34.8 Å². The first kappa shape index (κ1) is 13.8. The molecule has 0 aromatic carbocycles. The van der Waals surface area contributed by atoms with Gasteiger partial charge in [0.2, 0.25) is 0 Å². The number of pyridine rings is 1. The van der Waals surface area contributed by atoms with E-state index >= 15 is 0 Å². The summed E-state index contributed by atoms with van der Waals surface area (Å²) in [6, 6.07) is 1.67. The molecule has 1 aliphatic heterocycles. The van der Waals surface area contributed by atoms with Gasteiger partial charge >= 0.3 is 0 Å². The highest BCUT2D eigenvalue weighted by Crippen LogP contribution is 2.38. The van der Waals surface area contributed by atoms with Crippen LogP contribution >= 0.6 is 23.2 Å². The van der Waals surface area contributed by atoms with E-state index in [0.29, 0.717) is 27.2 Å². The molecule has 2 rings (SSSR count). The third-order valence-corrected chi connectivity index (χ3v) is 4.23. The topological polar surface area (TPSA) is 42.2 Å². The minimum atomic E-state index is 0.305. The zero-order chi connectivity index (χ0) is 13.5. The van der Waals surface area contributed by atoms with Gasteiger partial charge in [0.25, 0.3) is 0 Å². The first-order valence-electron chi connectivity index (χ1n) is 6.15. The van der Waals surface area contributed by atoms with Crippen molar-refractivity contribution in [3.05, 3.63) is 16.1 Å². The number of rotatable bonds is 1. The van der Waals surface area contributed by atoms with Crippen molar-refractivity contribution in [2.24, 2.45) is 11.3 Å². The number of aromatic nitrogens is 1. The minimum Gasteiger partial charge on any atom is -0.382 e. The number of hydrogen-bond acceptors (Lipinski definition) is 3. The number of nitrogens with zero attached hydrogens (tertiary/aromatic N) is 2. The van der Waals surface area contributed by atoms with Crippen molar-refractivity contribution in [1.29, 1.82) is 0 Å². The molecule has 0 amide bonds. The second-order valence-corrected chi connectivity index (χ2v) is 6.77. The fourth-order valence-corrected chi connectivity index (χ4v) is 2.83. The molecular weight excluding hydrogens is 269 g/mol. The largest absolute Gasteiger partial charge is 0.382 e. The van der Waals surface area contributed by atoms with Crippen LogP contribution in [-0.2, 0) is 0 Å². The van der Waals surface area contributed by atoms with Gasteiger partial charge in [-0.25, -0.2) is 4.98 Å². The van der Waals surface area contributed by atoms with Crippen LogP contribution in [0.25, 0.3) is 0 Å². The van der Waals surface area contributed by atoms with Gasteiger partial charge in [0, 0.05) is 13.1 Å². The summed E-state index contributed by atoms with van der Waals surface area (Å²) in [6.45, 7) is 8.75. The van der Waals surface area contributed by atoms with Crippen LogP contribution < -0.4 is 10.6 Å². The van der Waals surface area contributed by atoms with E-state index in [4.69, 9.17) is 28.9 Å². The summed E-state index contributed by atoms with van der Waals surface area (Å²) in [5.41, 5.74) is 6.05. The molecule has 100 valence electrons. The Labute approximate surface area is 118 Å². The van der Waals surface area contributed by atoms with E-state index in [1.54, 1.807) is 6.07 Å². The Kier molecular flexibility index (Phi) is 3.65. The van der Waals surface area contributed by atoms with Gasteiger partial charge in [-0.1, -0.05) is 44.0 Å². The first-order valence-corrected chi connectivity index (χ1v) is 6.91. The van der Waals surface area contributed by atoms with E-state index < -0.39 is 0 Å². The molecule has 1 fully saturated rings. The minimum absolute atomic E-state index is 0.305. The normalized spacial score (nSPS) is 20.5. The van der Waals surface area contributed by atoms with Gasteiger partial charge in [-0.3, -0.25) is 0 Å². The molecule has 0 saturated carbocycles. The second kappa shape index (κ2) is 4.78. The summed E-state index contributed by atoms with van der Waals surface area (Å²) in [7, 11) is 0. The average Bonchev–Trinajstić information content (AvgIpc) is 2.72. The second-order valence-electron chi connectivity index (χ2n) is 5.96. The third-order valence-electron chi connectivity index (χ3n) is 3.65. The quantitative estimate of drug-likeness (QED) is 0.853. The lowest BCUT2D eigenvalue weighted by Gasteiger charge is -2.27. The van der Waals surface area contributed by atoms with Crippen LogP contribution in [0.5, 0.6) is 0 Å². The zero-order valence-corrected chi connectivity index (χ0v) is 12.5. The van der Waals surface area contributed by atoms with Gasteiger partial charge in [-0.05, 0) is 23.8 Å². The van der Waals surface area contributed by atoms with Gasteiger partial charge < -0.3 is 10.6 Å². The molecule has 1 aromatic heterocycles. The molecule has 0 radical (unpaired) electrons. The Morgan fingerprint density at radius 3 is 2.56 bits per heavy atom. The molecule has 1 saturated heterocycles. The Hall–Kier alpha value is -0.670. The number of nitrogen functional groups attached to an aromatic ring is 1. The van der Waals surface area contributed by atoms with E-state index in [9.17, 15) is 0 Å². The molecular formula is C13H19Cl2N3. The van der Waals surface area contributed by atoms with E-state index in [1.165, 1.54) is 0 Å². The van der Waals surface area contributed by atoms with Crippen LogP contribution in [0.15, 0.2) is 6.07 Å². The summed E-state index contributed by atoms with van der Waals surface area (Å²) in [5.74, 6) is 1.74. The smallest absolute Gasteiger partial charge is 0.149 e. The fourth-order valence-electron chi connectivity index (χ4n) is 2.35. The monoisotopic (exact) mass is 287 g/mol. The maximum Gasteiger partial charge on any atom is 0.149 e. The predicted octanol–water partition coefficient (Wildman–Crippen LogP) is 3.84. The van der Waals surface area contributed by atoms with E-state index in [0.717, 1.165) is 25.3 Å². The predicted molar refractivity (Wildman–Crippen MR) is 78.4 cm³/mol. The van der Waals surface area contributed by atoms with Crippen LogP contribution in [0, 0.1) is 11.3 Å².